The second-order valence-corrected chi connectivity index (χ2v) is 8.26. The van der Waals surface area contributed by atoms with Gasteiger partial charge in [-0.15, -0.1) is 0 Å². The van der Waals surface area contributed by atoms with Crippen LogP contribution in [-0.4, -0.2) is 22.2 Å². The van der Waals surface area contributed by atoms with Crippen LogP contribution in [0.25, 0.3) is 10.9 Å². The standard InChI is InChI=1S/C16H24NO2P/c1-3-6-13(2)12-20(18,19)10-9-14-11-17-16-8-5-4-7-15(14)16/h4-5,7-8,11,13,17H,3,6,9-10,12H2,1-2H3,(H,18,19). The van der Waals surface area contributed by atoms with Crippen LogP contribution >= 0.6 is 7.37 Å². The van der Waals surface area contributed by atoms with Gasteiger partial charge in [0, 0.05) is 29.4 Å². The van der Waals surface area contributed by atoms with Gasteiger partial charge in [0.1, 0.15) is 0 Å². The highest BCUT2D eigenvalue weighted by atomic mass is 31.2. The highest BCUT2D eigenvalue weighted by molar-refractivity contribution is 7.58. The summed E-state index contributed by atoms with van der Waals surface area (Å²) in [7, 11) is -3.01. The van der Waals surface area contributed by atoms with E-state index >= 15 is 0 Å². The maximum Gasteiger partial charge on any atom is 0.201 e. The average Bonchev–Trinajstić information content (AvgIpc) is 2.79. The number of aryl methyl sites for hydroxylation is 1. The molecule has 0 fully saturated rings. The van der Waals surface area contributed by atoms with Crippen molar-refractivity contribution in [2.45, 2.75) is 33.1 Å². The third kappa shape index (κ3) is 3.97. The van der Waals surface area contributed by atoms with Gasteiger partial charge in [0.25, 0.3) is 0 Å². The molecular weight excluding hydrogens is 269 g/mol. The third-order valence-corrected chi connectivity index (χ3v) is 5.90. The van der Waals surface area contributed by atoms with Gasteiger partial charge in [-0.05, 0) is 24.0 Å². The molecule has 0 bridgehead atoms. The fourth-order valence-corrected chi connectivity index (χ4v) is 4.73. The Morgan fingerprint density at radius 3 is 2.85 bits per heavy atom. The summed E-state index contributed by atoms with van der Waals surface area (Å²) < 4.78 is 12.3. The number of H-pyrrole nitrogens is 1. The van der Waals surface area contributed by atoms with E-state index in [1.54, 1.807) is 0 Å². The van der Waals surface area contributed by atoms with Crippen molar-refractivity contribution in [3.63, 3.8) is 0 Å². The largest absolute Gasteiger partial charge is 0.361 e. The molecule has 3 nitrogen and oxygen atoms in total. The minimum Gasteiger partial charge on any atom is -0.361 e. The van der Waals surface area contributed by atoms with Crippen LogP contribution in [0.5, 0.6) is 0 Å². The summed E-state index contributed by atoms with van der Waals surface area (Å²) in [6, 6.07) is 8.08. The molecule has 0 radical (unpaired) electrons. The zero-order valence-corrected chi connectivity index (χ0v) is 13.2. The van der Waals surface area contributed by atoms with Crippen molar-refractivity contribution >= 4 is 18.3 Å². The lowest BCUT2D eigenvalue weighted by molar-refractivity contribution is 0.457. The predicted octanol–water partition coefficient (Wildman–Crippen LogP) is 4.42. The summed E-state index contributed by atoms with van der Waals surface area (Å²) >= 11 is 0. The molecule has 0 saturated carbocycles. The van der Waals surface area contributed by atoms with Crippen molar-refractivity contribution in [1.29, 1.82) is 0 Å². The lowest BCUT2D eigenvalue weighted by atomic mass is 10.1. The van der Waals surface area contributed by atoms with Gasteiger partial charge in [0.05, 0.1) is 0 Å². The van der Waals surface area contributed by atoms with Gasteiger partial charge < -0.3 is 9.88 Å². The molecule has 0 saturated heterocycles. The molecule has 2 rings (SSSR count). The van der Waals surface area contributed by atoms with E-state index in [9.17, 15) is 9.46 Å². The van der Waals surface area contributed by atoms with Crippen molar-refractivity contribution in [3.8, 4) is 0 Å². The second-order valence-electron chi connectivity index (χ2n) is 5.76. The number of hydrogen-bond donors (Lipinski definition) is 2. The third-order valence-electron chi connectivity index (χ3n) is 3.78. The first-order valence-electron chi connectivity index (χ1n) is 7.37. The molecule has 110 valence electrons. The molecule has 20 heavy (non-hydrogen) atoms. The summed E-state index contributed by atoms with van der Waals surface area (Å²) in [5, 5.41) is 1.16. The van der Waals surface area contributed by atoms with Crippen molar-refractivity contribution in [1.82, 2.24) is 4.98 Å². The molecular formula is C16H24NO2P. The van der Waals surface area contributed by atoms with E-state index in [-0.39, 0.29) is 0 Å². The van der Waals surface area contributed by atoms with Crippen LogP contribution in [0.3, 0.4) is 0 Å². The van der Waals surface area contributed by atoms with Crippen LogP contribution in [0, 0.1) is 5.92 Å². The first-order valence-corrected chi connectivity index (χ1v) is 9.40. The number of rotatable bonds is 7. The first kappa shape index (κ1) is 15.3. The molecule has 2 unspecified atom stereocenters. The number of fused-ring (bicyclic) bond motifs is 1. The fourth-order valence-electron chi connectivity index (χ4n) is 2.80. The van der Waals surface area contributed by atoms with Gasteiger partial charge in [0.15, 0.2) is 0 Å². The Hall–Kier alpha value is -1.05. The van der Waals surface area contributed by atoms with E-state index < -0.39 is 7.37 Å². The number of para-hydroxylation sites is 1. The van der Waals surface area contributed by atoms with E-state index in [1.807, 2.05) is 24.4 Å². The lowest BCUT2D eigenvalue weighted by Gasteiger charge is -2.16. The van der Waals surface area contributed by atoms with E-state index in [2.05, 4.69) is 24.9 Å². The number of aromatic nitrogens is 1. The van der Waals surface area contributed by atoms with Gasteiger partial charge >= 0.3 is 0 Å². The Labute approximate surface area is 120 Å². The normalized spacial score (nSPS) is 16.1. The summed E-state index contributed by atoms with van der Waals surface area (Å²) in [6.07, 6.45) is 5.55. The SMILES string of the molecule is CCCC(C)CP(=O)(O)CCc1c[nH]c2ccccc12. The number of nitrogens with one attached hydrogen (secondary N) is 1. The smallest absolute Gasteiger partial charge is 0.201 e. The van der Waals surface area contributed by atoms with Gasteiger partial charge in [-0.1, -0.05) is 44.9 Å². The molecule has 1 heterocycles. The minimum atomic E-state index is -3.01. The Bertz CT molecular complexity index is 605. The second kappa shape index (κ2) is 6.60. The molecule has 0 aliphatic rings. The monoisotopic (exact) mass is 293 g/mol. The van der Waals surface area contributed by atoms with E-state index in [4.69, 9.17) is 0 Å². The fraction of sp³-hybridized carbons (Fsp3) is 0.500. The molecule has 0 aliphatic heterocycles. The first-order chi connectivity index (χ1) is 9.52. The van der Waals surface area contributed by atoms with Crippen molar-refractivity contribution in [3.05, 3.63) is 36.0 Å². The topological polar surface area (TPSA) is 53.1 Å². The van der Waals surface area contributed by atoms with Crippen LogP contribution in [-0.2, 0) is 11.0 Å². The highest BCUT2D eigenvalue weighted by Gasteiger charge is 2.21. The summed E-state index contributed by atoms with van der Waals surface area (Å²) in [5.41, 5.74) is 2.23. The summed E-state index contributed by atoms with van der Waals surface area (Å²) in [5.74, 6) is 0.332. The predicted molar refractivity (Wildman–Crippen MR) is 85.6 cm³/mol. The lowest BCUT2D eigenvalue weighted by Crippen LogP contribution is -2.06. The molecule has 2 aromatic rings. The van der Waals surface area contributed by atoms with Gasteiger partial charge in [0.2, 0.25) is 7.37 Å². The van der Waals surface area contributed by atoms with Crippen LogP contribution in [0.15, 0.2) is 30.5 Å². The average molecular weight is 293 g/mol. The Kier molecular flexibility index (Phi) is 5.06. The molecule has 4 heteroatoms. The van der Waals surface area contributed by atoms with Crippen molar-refractivity contribution < 1.29 is 9.46 Å². The number of benzene rings is 1. The van der Waals surface area contributed by atoms with Crippen LogP contribution in [0.4, 0.5) is 0 Å². The quantitative estimate of drug-likeness (QED) is 0.743. The van der Waals surface area contributed by atoms with E-state index in [0.717, 1.165) is 29.3 Å². The minimum absolute atomic E-state index is 0.332. The van der Waals surface area contributed by atoms with E-state index in [1.165, 1.54) is 0 Å². The molecule has 2 N–H and O–H groups in total. The van der Waals surface area contributed by atoms with Crippen molar-refractivity contribution in [2.75, 3.05) is 12.3 Å². The zero-order chi connectivity index (χ0) is 14.6. The van der Waals surface area contributed by atoms with E-state index in [0.29, 0.717) is 24.7 Å². The van der Waals surface area contributed by atoms with Crippen LogP contribution in [0.1, 0.15) is 32.3 Å². The van der Waals surface area contributed by atoms with Crippen molar-refractivity contribution in [2.24, 2.45) is 5.92 Å². The maximum absolute atomic E-state index is 12.3. The van der Waals surface area contributed by atoms with Gasteiger partial charge in [-0.25, -0.2) is 0 Å². The Morgan fingerprint density at radius 2 is 2.10 bits per heavy atom. The molecule has 1 aromatic heterocycles. The summed E-state index contributed by atoms with van der Waals surface area (Å²) in [4.78, 5) is 13.3. The highest BCUT2D eigenvalue weighted by Crippen LogP contribution is 2.44. The Balaban J connectivity index is 1.99. The van der Waals surface area contributed by atoms with Crippen LogP contribution in [0.2, 0.25) is 0 Å². The van der Waals surface area contributed by atoms with Gasteiger partial charge in [-0.2, -0.15) is 0 Å². The maximum atomic E-state index is 12.3. The van der Waals surface area contributed by atoms with Crippen LogP contribution < -0.4 is 0 Å². The zero-order valence-electron chi connectivity index (χ0n) is 12.3. The molecule has 1 aromatic carbocycles. The number of aromatic amines is 1. The Morgan fingerprint density at radius 1 is 1.35 bits per heavy atom. The van der Waals surface area contributed by atoms with Gasteiger partial charge in [-0.3, -0.25) is 4.57 Å². The summed E-state index contributed by atoms with van der Waals surface area (Å²) in [6.45, 7) is 4.18. The molecule has 0 amide bonds. The molecule has 0 aliphatic carbocycles. The number of hydrogen-bond acceptors (Lipinski definition) is 1. The molecule has 0 spiro atoms. The molecule has 2 atom stereocenters.